The maximum absolute atomic E-state index is 12.7. The largest absolute Gasteiger partial charge is 0.378 e. The summed E-state index contributed by atoms with van der Waals surface area (Å²) in [6.07, 6.45) is 10.1. The fourth-order valence-corrected chi connectivity index (χ4v) is 3.52. The minimum atomic E-state index is 0.0374. The van der Waals surface area contributed by atoms with Crippen LogP contribution in [0.2, 0.25) is 0 Å². The molecule has 1 atom stereocenters. The van der Waals surface area contributed by atoms with Crippen molar-refractivity contribution in [3.63, 3.8) is 0 Å². The first-order valence-electron chi connectivity index (χ1n) is 9.48. The highest BCUT2D eigenvalue weighted by Crippen LogP contribution is 2.23. The van der Waals surface area contributed by atoms with Crippen molar-refractivity contribution in [2.24, 2.45) is 0 Å². The zero-order chi connectivity index (χ0) is 18.6. The van der Waals surface area contributed by atoms with Gasteiger partial charge < -0.3 is 9.64 Å². The number of carbonyl (C=O) groups excluding carboxylic acids is 1. The molecule has 1 amide bonds. The Morgan fingerprint density at radius 2 is 2.15 bits per heavy atom. The molecule has 4 rings (SSSR count). The molecule has 0 bridgehead atoms. The molecular weight excluding hydrogens is 340 g/mol. The second-order valence-electron chi connectivity index (χ2n) is 7.03. The van der Waals surface area contributed by atoms with Crippen LogP contribution in [0.5, 0.6) is 0 Å². The number of hydrogen-bond acceptors (Lipinski definition) is 4. The Balaban J connectivity index is 1.42. The standard InChI is InChI=1S/C21H24N4O2/c1-24(13-10-18-5-2-3-14-27-18)21(26)17-8-6-16(7-9-17)19-15-23-25-12-4-11-22-20(19)25/h4,6-9,11-12,15,18H,2-3,5,10,13-14H2,1H3. The van der Waals surface area contributed by atoms with Crippen LogP contribution in [0.1, 0.15) is 36.0 Å². The third kappa shape index (κ3) is 3.85. The summed E-state index contributed by atoms with van der Waals surface area (Å²) in [5.74, 6) is 0.0374. The van der Waals surface area contributed by atoms with Crippen molar-refractivity contribution >= 4 is 11.6 Å². The minimum Gasteiger partial charge on any atom is -0.378 e. The number of fused-ring (bicyclic) bond motifs is 1. The summed E-state index contributed by atoms with van der Waals surface area (Å²) in [7, 11) is 1.86. The SMILES string of the molecule is CN(CCC1CCCCO1)C(=O)c1ccc(-c2cnn3cccnc23)cc1. The molecule has 3 aromatic rings. The second kappa shape index (κ2) is 7.88. The van der Waals surface area contributed by atoms with E-state index in [2.05, 4.69) is 10.1 Å². The van der Waals surface area contributed by atoms with Crippen molar-refractivity contribution < 1.29 is 9.53 Å². The molecule has 1 fully saturated rings. The molecular formula is C21H24N4O2. The van der Waals surface area contributed by atoms with Crippen LogP contribution in [0.25, 0.3) is 16.8 Å². The number of rotatable bonds is 5. The molecule has 6 heteroatoms. The highest BCUT2D eigenvalue weighted by molar-refractivity contribution is 5.94. The van der Waals surface area contributed by atoms with Gasteiger partial charge in [-0.25, -0.2) is 9.50 Å². The monoisotopic (exact) mass is 364 g/mol. The van der Waals surface area contributed by atoms with E-state index >= 15 is 0 Å². The number of ether oxygens (including phenoxy) is 1. The van der Waals surface area contributed by atoms with Crippen LogP contribution in [-0.4, -0.2) is 51.7 Å². The number of hydrogen-bond donors (Lipinski definition) is 0. The fourth-order valence-electron chi connectivity index (χ4n) is 3.52. The summed E-state index contributed by atoms with van der Waals surface area (Å²) in [5, 5.41) is 4.32. The number of nitrogens with zero attached hydrogens (tertiary/aromatic N) is 4. The number of aromatic nitrogens is 3. The minimum absolute atomic E-state index is 0.0374. The van der Waals surface area contributed by atoms with Crippen LogP contribution in [0, 0.1) is 0 Å². The van der Waals surface area contributed by atoms with E-state index < -0.39 is 0 Å². The maximum Gasteiger partial charge on any atom is 0.253 e. The lowest BCUT2D eigenvalue weighted by molar-refractivity contribution is 0.00709. The molecule has 3 heterocycles. The van der Waals surface area contributed by atoms with Gasteiger partial charge in [0.05, 0.1) is 12.3 Å². The molecule has 0 N–H and O–H groups in total. The smallest absolute Gasteiger partial charge is 0.253 e. The summed E-state index contributed by atoms with van der Waals surface area (Å²) in [5.41, 5.74) is 3.45. The van der Waals surface area contributed by atoms with Crippen LogP contribution in [0.15, 0.2) is 48.9 Å². The van der Waals surface area contributed by atoms with E-state index in [1.165, 1.54) is 6.42 Å². The van der Waals surface area contributed by atoms with Gasteiger partial charge in [-0.2, -0.15) is 5.10 Å². The summed E-state index contributed by atoms with van der Waals surface area (Å²) >= 11 is 0. The van der Waals surface area contributed by atoms with Gasteiger partial charge in [-0.05, 0) is 49.4 Å². The third-order valence-corrected chi connectivity index (χ3v) is 5.13. The van der Waals surface area contributed by atoms with Crippen molar-refractivity contribution in [3.05, 3.63) is 54.5 Å². The summed E-state index contributed by atoms with van der Waals surface area (Å²) < 4.78 is 7.50. The molecule has 1 aliphatic rings. The number of carbonyl (C=O) groups is 1. The van der Waals surface area contributed by atoms with Gasteiger partial charge >= 0.3 is 0 Å². The van der Waals surface area contributed by atoms with E-state index in [0.29, 0.717) is 18.2 Å². The van der Waals surface area contributed by atoms with E-state index in [0.717, 1.165) is 42.6 Å². The Morgan fingerprint density at radius 1 is 1.30 bits per heavy atom. The Kier molecular flexibility index (Phi) is 5.16. The Bertz CT molecular complexity index is 913. The van der Waals surface area contributed by atoms with Gasteiger partial charge in [-0.1, -0.05) is 12.1 Å². The summed E-state index contributed by atoms with van der Waals surface area (Å²) in [4.78, 5) is 18.9. The van der Waals surface area contributed by atoms with Crippen molar-refractivity contribution in [2.75, 3.05) is 20.2 Å². The highest BCUT2D eigenvalue weighted by atomic mass is 16.5. The van der Waals surface area contributed by atoms with Gasteiger partial charge in [-0.15, -0.1) is 0 Å². The molecule has 1 aliphatic heterocycles. The molecule has 0 radical (unpaired) electrons. The molecule has 27 heavy (non-hydrogen) atoms. The molecule has 1 unspecified atom stereocenters. The quantitative estimate of drug-likeness (QED) is 0.696. The fraction of sp³-hybridized carbons (Fsp3) is 0.381. The van der Waals surface area contributed by atoms with Crippen LogP contribution in [0.4, 0.5) is 0 Å². The molecule has 0 aliphatic carbocycles. The van der Waals surface area contributed by atoms with E-state index in [-0.39, 0.29) is 5.91 Å². The van der Waals surface area contributed by atoms with Gasteiger partial charge in [-0.3, -0.25) is 4.79 Å². The maximum atomic E-state index is 12.7. The Morgan fingerprint density at radius 3 is 2.93 bits per heavy atom. The average Bonchev–Trinajstić information content (AvgIpc) is 3.16. The van der Waals surface area contributed by atoms with Crippen molar-refractivity contribution in [1.29, 1.82) is 0 Å². The molecule has 140 valence electrons. The molecule has 1 aromatic carbocycles. The van der Waals surface area contributed by atoms with Gasteiger partial charge in [0.2, 0.25) is 0 Å². The summed E-state index contributed by atoms with van der Waals surface area (Å²) in [6, 6.07) is 9.50. The first-order valence-corrected chi connectivity index (χ1v) is 9.48. The van der Waals surface area contributed by atoms with Crippen LogP contribution < -0.4 is 0 Å². The molecule has 0 spiro atoms. The van der Waals surface area contributed by atoms with Gasteiger partial charge in [0.25, 0.3) is 5.91 Å². The van der Waals surface area contributed by atoms with Crippen LogP contribution in [-0.2, 0) is 4.74 Å². The zero-order valence-electron chi connectivity index (χ0n) is 15.5. The second-order valence-corrected chi connectivity index (χ2v) is 7.03. The van der Waals surface area contributed by atoms with Crippen molar-refractivity contribution in [2.45, 2.75) is 31.8 Å². The van der Waals surface area contributed by atoms with Gasteiger partial charge in [0.1, 0.15) is 0 Å². The van der Waals surface area contributed by atoms with Gasteiger partial charge in [0.15, 0.2) is 5.65 Å². The molecule has 1 saturated heterocycles. The average molecular weight is 364 g/mol. The lowest BCUT2D eigenvalue weighted by Gasteiger charge is -2.25. The number of benzene rings is 1. The molecule has 0 saturated carbocycles. The van der Waals surface area contributed by atoms with Gasteiger partial charge in [0, 0.05) is 43.7 Å². The van der Waals surface area contributed by atoms with E-state index in [1.54, 1.807) is 21.8 Å². The third-order valence-electron chi connectivity index (χ3n) is 5.13. The first kappa shape index (κ1) is 17.7. The normalized spacial score (nSPS) is 17.1. The van der Waals surface area contributed by atoms with E-state index in [4.69, 9.17) is 4.74 Å². The van der Waals surface area contributed by atoms with E-state index in [1.807, 2.05) is 43.6 Å². The lowest BCUT2D eigenvalue weighted by atomic mass is 10.0. The zero-order valence-corrected chi connectivity index (χ0v) is 15.5. The Labute approximate surface area is 158 Å². The lowest BCUT2D eigenvalue weighted by Crippen LogP contribution is -2.31. The topological polar surface area (TPSA) is 59.7 Å². The van der Waals surface area contributed by atoms with Crippen molar-refractivity contribution in [1.82, 2.24) is 19.5 Å². The molecule has 6 nitrogen and oxygen atoms in total. The Hall–Kier alpha value is -2.73. The van der Waals surface area contributed by atoms with E-state index in [9.17, 15) is 4.79 Å². The predicted molar refractivity (Wildman–Crippen MR) is 104 cm³/mol. The van der Waals surface area contributed by atoms with Crippen LogP contribution >= 0.6 is 0 Å². The first-order chi connectivity index (χ1) is 13.2. The molecule has 2 aromatic heterocycles. The summed E-state index contributed by atoms with van der Waals surface area (Å²) in [6.45, 7) is 1.56. The predicted octanol–water partition coefficient (Wildman–Crippen LogP) is 3.43. The van der Waals surface area contributed by atoms with Crippen molar-refractivity contribution in [3.8, 4) is 11.1 Å². The number of amides is 1. The highest BCUT2D eigenvalue weighted by Gasteiger charge is 2.17. The van der Waals surface area contributed by atoms with Crippen LogP contribution in [0.3, 0.4) is 0 Å².